The molecule has 0 aliphatic heterocycles. The van der Waals surface area contributed by atoms with Gasteiger partial charge in [-0.3, -0.25) is 4.79 Å². The van der Waals surface area contributed by atoms with Crippen molar-refractivity contribution in [3.05, 3.63) is 0 Å². The second kappa shape index (κ2) is 3.41. The van der Waals surface area contributed by atoms with Crippen LogP contribution in [0.1, 0.15) is 40.5 Å². The largest absolute Gasteiger partial charge is 0.392 e. The molecule has 0 radical (unpaired) electrons. The van der Waals surface area contributed by atoms with Crippen LogP contribution in [0.5, 0.6) is 0 Å². The van der Waals surface area contributed by atoms with Gasteiger partial charge in [-0.25, -0.2) is 0 Å². The van der Waals surface area contributed by atoms with Crippen molar-refractivity contribution in [2.24, 2.45) is 17.3 Å². The Kier molecular flexibility index (Phi) is 2.81. The van der Waals surface area contributed by atoms with Crippen LogP contribution in [0, 0.1) is 17.3 Å². The minimum atomic E-state index is -0.522. The lowest BCUT2D eigenvalue weighted by molar-refractivity contribution is -0.140. The molecule has 0 bridgehead atoms. The zero-order chi connectivity index (χ0) is 10.2. The molecule has 0 heterocycles. The van der Waals surface area contributed by atoms with E-state index >= 15 is 0 Å². The van der Waals surface area contributed by atoms with Crippen molar-refractivity contribution in [2.75, 3.05) is 0 Å². The maximum atomic E-state index is 11.7. The topological polar surface area (TPSA) is 37.3 Å². The summed E-state index contributed by atoms with van der Waals surface area (Å²) in [4.78, 5) is 11.7. The van der Waals surface area contributed by atoms with Gasteiger partial charge in [0.1, 0.15) is 5.78 Å². The van der Waals surface area contributed by atoms with E-state index in [9.17, 15) is 9.90 Å². The zero-order valence-electron chi connectivity index (χ0n) is 9.00. The first-order chi connectivity index (χ1) is 5.85. The van der Waals surface area contributed by atoms with Gasteiger partial charge in [-0.15, -0.1) is 0 Å². The third-order valence-corrected chi connectivity index (χ3v) is 3.47. The average Bonchev–Trinajstić information content (AvgIpc) is 2.00. The van der Waals surface area contributed by atoms with Gasteiger partial charge in [-0.1, -0.05) is 27.7 Å². The highest BCUT2D eigenvalue weighted by Crippen LogP contribution is 2.38. The molecule has 1 aliphatic carbocycles. The van der Waals surface area contributed by atoms with E-state index in [2.05, 4.69) is 13.8 Å². The molecule has 1 saturated carbocycles. The number of aliphatic hydroxyl groups is 1. The average molecular weight is 184 g/mol. The lowest BCUT2D eigenvalue weighted by Crippen LogP contribution is -2.44. The van der Waals surface area contributed by atoms with Crippen LogP contribution in [0.25, 0.3) is 0 Å². The van der Waals surface area contributed by atoms with Crippen molar-refractivity contribution in [1.82, 2.24) is 0 Å². The molecule has 0 saturated heterocycles. The Balaban J connectivity index is 2.74. The predicted molar refractivity (Wildman–Crippen MR) is 52.4 cm³/mol. The van der Waals surface area contributed by atoms with Gasteiger partial charge in [0.2, 0.25) is 0 Å². The van der Waals surface area contributed by atoms with E-state index < -0.39 is 11.5 Å². The molecular formula is C11H20O2. The normalized spacial score (nSPS) is 33.8. The summed E-state index contributed by atoms with van der Waals surface area (Å²) in [7, 11) is 0. The summed E-state index contributed by atoms with van der Waals surface area (Å²) in [5, 5.41) is 9.81. The number of ketones is 1. The summed E-state index contributed by atoms with van der Waals surface area (Å²) in [5.74, 6) is 1.08. The minimum absolute atomic E-state index is 0.213. The van der Waals surface area contributed by atoms with E-state index in [0.717, 1.165) is 6.42 Å². The molecule has 2 nitrogen and oxygen atoms in total. The Hall–Kier alpha value is -0.370. The summed E-state index contributed by atoms with van der Waals surface area (Å²) in [5.41, 5.74) is -0.522. The fourth-order valence-corrected chi connectivity index (χ4v) is 1.86. The number of carbonyl (C=O) groups excluding carboxylic acids is 1. The number of rotatable bonds is 1. The first-order valence-electron chi connectivity index (χ1n) is 5.07. The van der Waals surface area contributed by atoms with E-state index in [1.165, 1.54) is 0 Å². The molecule has 0 unspecified atom stereocenters. The van der Waals surface area contributed by atoms with Crippen LogP contribution in [-0.4, -0.2) is 17.0 Å². The van der Waals surface area contributed by atoms with Crippen LogP contribution >= 0.6 is 0 Å². The maximum Gasteiger partial charge on any atom is 0.141 e. The van der Waals surface area contributed by atoms with Crippen LogP contribution < -0.4 is 0 Å². The van der Waals surface area contributed by atoms with Crippen molar-refractivity contribution < 1.29 is 9.90 Å². The SMILES string of the molecule is CC(C)[C@H]1CC(=O)C(C)(C)[C@H](O)C1. The third-order valence-electron chi connectivity index (χ3n) is 3.47. The highest BCUT2D eigenvalue weighted by Gasteiger charge is 2.42. The summed E-state index contributed by atoms with van der Waals surface area (Å²) in [6.07, 6.45) is 0.958. The molecule has 2 atom stereocenters. The van der Waals surface area contributed by atoms with Crippen LogP contribution in [0.3, 0.4) is 0 Å². The van der Waals surface area contributed by atoms with Crippen LogP contribution in [0.15, 0.2) is 0 Å². The summed E-state index contributed by atoms with van der Waals surface area (Å²) in [6.45, 7) is 7.92. The van der Waals surface area contributed by atoms with Gasteiger partial charge in [-0.2, -0.15) is 0 Å². The van der Waals surface area contributed by atoms with Gasteiger partial charge >= 0.3 is 0 Å². The summed E-state index contributed by atoms with van der Waals surface area (Å²) in [6, 6.07) is 0. The minimum Gasteiger partial charge on any atom is -0.392 e. The fourth-order valence-electron chi connectivity index (χ4n) is 1.86. The van der Waals surface area contributed by atoms with E-state index in [4.69, 9.17) is 0 Å². The number of carbonyl (C=O) groups is 1. The highest BCUT2D eigenvalue weighted by atomic mass is 16.3. The molecule has 1 fully saturated rings. The second-order valence-electron chi connectivity index (χ2n) is 5.10. The van der Waals surface area contributed by atoms with E-state index in [0.29, 0.717) is 18.3 Å². The van der Waals surface area contributed by atoms with Crippen molar-refractivity contribution in [3.63, 3.8) is 0 Å². The Bertz CT molecular complexity index is 206. The lowest BCUT2D eigenvalue weighted by atomic mass is 9.67. The molecular weight excluding hydrogens is 164 g/mol. The van der Waals surface area contributed by atoms with Gasteiger partial charge in [0.05, 0.1) is 6.10 Å². The maximum absolute atomic E-state index is 11.7. The molecule has 1 N–H and O–H groups in total. The van der Waals surface area contributed by atoms with Crippen molar-refractivity contribution >= 4 is 5.78 Å². The molecule has 13 heavy (non-hydrogen) atoms. The molecule has 1 aliphatic rings. The molecule has 0 aromatic carbocycles. The second-order valence-corrected chi connectivity index (χ2v) is 5.10. The third kappa shape index (κ3) is 1.93. The Morgan fingerprint density at radius 1 is 1.46 bits per heavy atom. The lowest BCUT2D eigenvalue weighted by Gasteiger charge is -2.39. The first-order valence-corrected chi connectivity index (χ1v) is 5.07. The van der Waals surface area contributed by atoms with E-state index in [1.54, 1.807) is 0 Å². The predicted octanol–water partition coefficient (Wildman–Crippen LogP) is 2.01. The number of hydrogen-bond donors (Lipinski definition) is 1. The number of hydrogen-bond acceptors (Lipinski definition) is 2. The first kappa shape index (κ1) is 10.7. The summed E-state index contributed by atoms with van der Waals surface area (Å²) >= 11 is 0. The van der Waals surface area contributed by atoms with Crippen LogP contribution in [0.2, 0.25) is 0 Å². The van der Waals surface area contributed by atoms with Crippen molar-refractivity contribution in [1.29, 1.82) is 0 Å². The van der Waals surface area contributed by atoms with Crippen LogP contribution in [-0.2, 0) is 4.79 Å². The molecule has 2 heteroatoms. The molecule has 0 amide bonds. The quantitative estimate of drug-likeness (QED) is 0.677. The Morgan fingerprint density at radius 2 is 2.00 bits per heavy atom. The molecule has 76 valence electrons. The van der Waals surface area contributed by atoms with Gasteiger partial charge in [0, 0.05) is 11.8 Å². The number of aliphatic hydroxyl groups excluding tert-OH is 1. The Morgan fingerprint density at radius 3 is 2.38 bits per heavy atom. The van der Waals surface area contributed by atoms with Gasteiger partial charge in [-0.05, 0) is 18.3 Å². The highest BCUT2D eigenvalue weighted by molar-refractivity contribution is 5.85. The molecule has 1 rings (SSSR count). The van der Waals surface area contributed by atoms with Gasteiger partial charge < -0.3 is 5.11 Å². The zero-order valence-corrected chi connectivity index (χ0v) is 9.00. The van der Waals surface area contributed by atoms with Crippen molar-refractivity contribution in [2.45, 2.75) is 46.6 Å². The van der Waals surface area contributed by atoms with E-state index in [-0.39, 0.29) is 5.78 Å². The van der Waals surface area contributed by atoms with Crippen molar-refractivity contribution in [3.8, 4) is 0 Å². The van der Waals surface area contributed by atoms with Gasteiger partial charge in [0.15, 0.2) is 0 Å². The van der Waals surface area contributed by atoms with Crippen LogP contribution in [0.4, 0.5) is 0 Å². The fraction of sp³-hybridized carbons (Fsp3) is 0.909. The molecule has 0 aromatic rings. The number of Topliss-reactive ketones (excluding diaryl/α,β-unsaturated/α-hetero) is 1. The van der Waals surface area contributed by atoms with E-state index in [1.807, 2.05) is 13.8 Å². The monoisotopic (exact) mass is 184 g/mol. The standard InChI is InChI=1S/C11H20O2/c1-7(2)8-5-9(12)11(3,4)10(13)6-8/h7-9,12H,5-6H2,1-4H3/t8-,9-/m1/s1. The molecule has 0 spiro atoms. The smallest absolute Gasteiger partial charge is 0.141 e. The summed E-state index contributed by atoms with van der Waals surface area (Å²) < 4.78 is 0. The van der Waals surface area contributed by atoms with Gasteiger partial charge in [0.25, 0.3) is 0 Å². The molecule has 0 aromatic heterocycles. The Labute approximate surface area is 80.3 Å².